The number of nitrogens with two attached hydrogens (primary N) is 1. The Morgan fingerprint density at radius 3 is 2.42 bits per heavy atom. The topological polar surface area (TPSA) is 92.4 Å². The second-order valence-corrected chi connectivity index (χ2v) is 6.24. The summed E-state index contributed by atoms with van der Waals surface area (Å²) in [5, 5.41) is 11.6. The first-order valence-corrected chi connectivity index (χ1v) is 6.51. The fraction of sp³-hybridized carbons (Fsp3) is 0.385. The summed E-state index contributed by atoms with van der Waals surface area (Å²) >= 11 is 3.24. The third-order valence-corrected chi connectivity index (χ3v) is 3.18. The molecule has 19 heavy (non-hydrogen) atoms. The van der Waals surface area contributed by atoms with Gasteiger partial charge in [-0.25, -0.2) is 4.79 Å². The number of nitrogens with one attached hydrogen (secondary N) is 1. The first-order chi connectivity index (χ1) is 8.62. The SMILES string of the molecule is CC(C)(C)[C@H](N)C(=O)Nc1cc(Br)ccc1C(=O)O. The molecule has 1 aromatic carbocycles. The van der Waals surface area contributed by atoms with Crippen molar-refractivity contribution < 1.29 is 14.7 Å². The number of carboxylic acids is 1. The molecule has 0 spiro atoms. The number of rotatable bonds is 3. The van der Waals surface area contributed by atoms with E-state index in [4.69, 9.17) is 10.8 Å². The highest BCUT2D eigenvalue weighted by Crippen LogP contribution is 2.24. The van der Waals surface area contributed by atoms with Crippen LogP contribution in [0.3, 0.4) is 0 Å². The van der Waals surface area contributed by atoms with E-state index in [1.165, 1.54) is 12.1 Å². The van der Waals surface area contributed by atoms with E-state index in [0.29, 0.717) is 4.47 Å². The monoisotopic (exact) mass is 328 g/mol. The molecule has 1 aromatic rings. The number of aromatic carboxylic acids is 1. The van der Waals surface area contributed by atoms with Gasteiger partial charge in [0.2, 0.25) is 5.91 Å². The van der Waals surface area contributed by atoms with Crippen molar-refractivity contribution in [1.29, 1.82) is 0 Å². The van der Waals surface area contributed by atoms with Gasteiger partial charge in [-0.3, -0.25) is 4.79 Å². The number of anilines is 1. The number of hydrogen-bond donors (Lipinski definition) is 3. The third-order valence-electron chi connectivity index (χ3n) is 2.69. The van der Waals surface area contributed by atoms with E-state index in [1.807, 2.05) is 20.8 Å². The quantitative estimate of drug-likeness (QED) is 0.794. The number of hydrogen-bond acceptors (Lipinski definition) is 3. The van der Waals surface area contributed by atoms with Crippen LogP contribution in [0.4, 0.5) is 5.69 Å². The van der Waals surface area contributed by atoms with E-state index in [-0.39, 0.29) is 11.3 Å². The predicted octanol–water partition coefficient (Wildman–Crippen LogP) is 2.46. The molecular formula is C13H17BrN2O3. The maximum atomic E-state index is 12.0. The van der Waals surface area contributed by atoms with Crippen molar-refractivity contribution in [2.45, 2.75) is 26.8 Å². The summed E-state index contributed by atoms with van der Waals surface area (Å²) in [4.78, 5) is 23.1. The molecule has 0 saturated carbocycles. The van der Waals surface area contributed by atoms with Crippen LogP contribution in [0, 0.1) is 5.41 Å². The molecule has 0 aromatic heterocycles. The average Bonchev–Trinajstić information content (AvgIpc) is 2.26. The van der Waals surface area contributed by atoms with Crippen LogP contribution in [0.25, 0.3) is 0 Å². The van der Waals surface area contributed by atoms with Gasteiger partial charge in [0.15, 0.2) is 0 Å². The minimum Gasteiger partial charge on any atom is -0.478 e. The lowest BCUT2D eigenvalue weighted by Crippen LogP contribution is -2.45. The van der Waals surface area contributed by atoms with Crippen LogP contribution in [0.1, 0.15) is 31.1 Å². The minimum absolute atomic E-state index is 0.0256. The van der Waals surface area contributed by atoms with Gasteiger partial charge >= 0.3 is 5.97 Å². The van der Waals surface area contributed by atoms with Crippen molar-refractivity contribution in [2.75, 3.05) is 5.32 Å². The summed E-state index contributed by atoms with van der Waals surface area (Å²) in [7, 11) is 0. The molecular weight excluding hydrogens is 312 g/mol. The molecule has 0 bridgehead atoms. The van der Waals surface area contributed by atoms with Crippen molar-refractivity contribution in [3.05, 3.63) is 28.2 Å². The van der Waals surface area contributed by atoms with Crippen LogP contribution in [-0.2, 0) is 4.79 Å². The Morgan fingerprint density at radius 2 is 1.95 bits per heavy atom. The number of carbonyl (C=O) groups is 2. The predicted molar refractivity (Wildman–Crippen MR) is 77.2 cm³/mol. The molecule has 4 N–H and O–H groups in total. The Balaban J connectivity index is 3.02. The van der Waals surface area contributed by atoms with Gasteiger partial charge in [-0.05, 0) is 23.6 Å². The Hall–Kier alpha value is -1.40. The third kappa shape index (κ3) is 4.04. The summed E-state index contributed by atoms with van der Waals surface area (Å²) in [6, 6.07) is 3.83. The molecule has 0 unspecified atom stereocenters. The molecule has 0 fully saturated rings. The zero-order valence-corrected chi connectivity index (χ0v) is 12.6. The smallest absolute Gasteiger partial charge is 0.337 e. The first-order valence-electron chi connectivity index (χ1n) is 5.72. The molecule has 0 aliphatic heterocycles. The fourth-order valence-electron chi connectivity index (χ4n) is 1.41. The second kappa shape index (κ2) is 5.71. The number of benzene rings is 1. The molecule has 1 rings (SSSR count). The molecule has 0 aliphatic rings. The van der Waals surface area contributed by atoms with E-state index in [9.17, 15) is 9.59 Å². The minimum atomic E-state index is -1.10. The highest BCUT2D eigenvalue weighted by molar-refractivity contribution is 9.10. The summed E-state index contributed by atoms with van der Waals surface area (Å²) < 4.78 is 0.678. The van der Waals surface area contributed by atoms with Crippen LogP contribution >= 0.6 is 15.9 Å². The Labute approximate surface area is 120 Å². The highest BCUT2D eigenvalue weighted by Gasteiger charge is 2.28. The van der Waals surface area contributed by atoms with E-state index in [0.717, 1.165) is 0 Å². The largest absolute Gasteiger partial charge is 0.478 e. The molecule has 1 atom stereocenters. The van der Waals surface area contributed by atoms with Crippen LogP contribution in [0.5, 0.6) is 0 Å². The summed E-state index contributed by atoms with van der Waals surface area (Å²) in [5.74, 6) is -1.51. The van der Waals surface area contributed by atoms with E-state index >= 15 is 0 Å². The van der Waals surface area contributed by atoms with Crippen LogP contribution in [0.15, 0.2) is 22.7 Å². The lowest BCUT2D eigenvalue weighted by molar-refractivity contribution is -0.119. The van der Waals surface area contributed by atoms with Gasteiger partial charge in [0.05, 0.1) is 17.3 Å². The van der Waals surface area contributed by atoms with Gasteiger partial charge in [-0.15, -0.1) is 0 Å². The molecule has 0 saturated heterocycles. The highest BCUT2D eigenvalue weighted by atomic mass is 79.9. The van der Waals surface area contributed by atoms with E-state index < -0.39 is 23.3 Å². The summed E-state index contributed by atoms with van der Waals surface area (Å²) in [6.45, 7) is 5.53. The fourth-order valence-corrected chi connectivity index (χ4v) is 1.77. The van der Waals surface area contributed by atoms with Gasteiger partial charge in [-0.1, -0.05) is 36.7 Å². The van der Waals surface area contributed by atoms with Crippen LogP contribution in [0.2, 0.25) is 0 Å². The second-order valence-electron chi connectivity index (χ2n) is 5.33. The van der Waals surface area contributed by atoms with Crippen molar-refractivity contribution in [2.24, 2.45) is 11.1 Å². The van der Waals surface area contributed by atoms with Crippen LogP contribution < -0.4 is 11.1 Å². The van der Waals surface area contributed by atoms with Gasteiger partial charge in [0.1, 0.15) is 0 Å². The van der Waals surface area contributed by atoms with Crippen molar-refractivity contribution in [1.82, 2.24) is 0 Å². The number of halogens is 1. The van der Waals surface area contributed by atoms with Gasteiger partial charge in [0, 0.05) is 4.47 Å². The van der Waals surface area contributed by atoms with Gasteiger partial charge in [-0.2, -0.15) is 0 Å². The Kier molecular flexibility index (Phi) is 4.70. The van der Waals surface area contributed by atoms with Crippen molar-refractivity contribution in [3.8, 4) is 0 Å². The molecule has 104 valence electrons. The molecule has 5 nitrogen and oxygen atoms in total. The first kappa shape index (κ1) is 15.7. The maximum Gasteiger partial charge on any atom is 0.337 e. The lowest BCUT2D eigenvalue weighted by atomic mass is 9.87. The number of amides is 1. The Bertz CT molecular complexity index is 509. The molecule has 0 radical (unpaired) electrons. The van der Waals surface area contributed by atoms with Gasteiger partial charge < -0.3 is 16.2 Å². The molecule has 0 heterocycles. The average molecular weight is 329 g/mol. The molecule has 0 aliphatic carbocycles. The molecule has 6 heteroatoms. The van der Waals surface area contributed by atoms with Crippen molar-refractivity contribution in [3.63, 3.8) is 0 Å². The normalized spacial score (nSPS) is 12.9. The standard InChI is InChI=1S/C13H17BrN2O3/c1-13(2,3)10(15)11(17)16-9-6-7(14)4-5-8(9)12(18)19/h4-6,10H,15H2,1-3H3,(H,16,17)(H,18,19)/t10-/m1/s1. The zero-order chi connectivity index (χ0) is 14.8. The maximum absolute atomic E-state index is 12.0. The van der Waals surface area contributed by atoms with Crippen LogP contribution in [-0.4, -0.2) is 23.0 Å². The molecule has 1 amide bonds. The summed E-state index contributed by atoms with van der Waals surface area (Å²) in [5.41, 5.74) is 5.69. The number of carbonyl (C=O) groups excluding carboxylic acids is 1. The Morgan fingerprint density at radius 1 is 1.37 bits per heavy atom. The van der Waals surface area contributed by atoms with Gasteiger partial charge in [0.25, 0.3) is 0 Å². The zero-order valence-electron chi connectivity index (χ0n) is 11.0. The van der Waals surface area contributed by atoms with Crippen molar-refractivity contribution >= 4 is 33.5 Å². The van der Waals surface area contributed by atoms with E-state index in [1.54, 1.807) is 6.07 Å². The lowest BCUT2D eigenvalue weighted by Gasteiger charge is -2.26. The van der Waals surface area contributed by atoms with E-state index in [2.05, 4.69) is 21.2 Å². The number of carboxylic acid groups (broad SMARTS) is 1. The summed E-state index contributed by atoms with van der Waals surface area (Å²) in [6.07, 6.45) is 0.